The van der Waals surface area contributed by atoms with Gasteiger partial charge in [-0.1, -0.05) is 6.07 Å². The zero-order valence-corrected chi connectivity index (χ0v) is 15.7. The van der Waals surface area contributed by atoms with E-state index in [2.05, 4.69) is 38.1 Å². The standard InChI is InChI=1S/C22H24N2O2/c1-13-9-14(2)20(19(10-13)26-4)18-8-6-15-5-7-17(23-21(15)24-18)16-11-22(3,25)12-16/h5-10,16,25H,11-12H2,1-4H3. The Bertz CT molecular complexity index is 987. The number of nitrogens with zero attached hydrogens (tertiary/aromatic N) is 2. The van der Waals surface area contributed by atoms with Gasteiger partial charge in [-0.2, -0.15) is 0 Å². The molecule has 1 aliphatic rings. The van der Waals surface area contributed by atoms with Gasteiger partial charge < -0.3 is 9.84 Å². The summed E-state index contributed by atoms with van der Waals surface area (Å²) >= 11 is 0. The molecule has 4 rings (SSSR count). The largest absolute Gasteiger partial charge is 0.496 e. The minimum atomic E-state index is -0.553. The van der Waals surface area contributed by atoms with Crippen LogP contribution in [0.1, 0.15) is 42.5 Å². The maximum Gasteiger partial charge on any atom is 0.160 e. The second kappa shape index (κ2) is 6.06. The maximum absolute atomic E-state index is 10.0. The summed E-state index contributed by atoms with van der Waals surface area (Å²) in [5, 5.41) is 11.0. The summed E-state index contributed by atoms with van der Waals surface area (Å²) in [6.45, 7) is 6.03. The van der Waals surface area contributed by atoms with E-state index in [1.54, 1.807) is 7.11 Å². The molecule has 2 heterocycles. The number of hydrogen-bond donors (Lipinski definition) is 1. The summed E-state index contributed by atoms with van der Waals surface area (Å²) in [6.07, 6.45) is 1.52. The number of aryl methyl sites for hydroxylation is 2. The second-order valence-electron chi connectivity index (χ2n) is 7.74. The number of fused-ring (bicyclic) bond motifs is 1. The number of ether oxygens (including phenoxy) is 1. The van der Waals surface area contributed by atoms with Gasteiger partial charge >= 0.3 is 0 Å². The summed E-state index contributed by atoms with van der Waals surface area (Å²) < 4.78 is 5.60. The lowest BCUT2D eigenvalue weighted by Gasteiger charge is -2.40. The van der Waals surface area contributed by atoms with Crippen molar-refractivity contribution in [3.05, 3.63) is 53.2 Å². The van der Waals surface area contributed by atoms with Crippen molar-refractivity contribution in [3.63, 3.8) is 0 Å². The van der Waals surface area contributed by atoms with E-state index in [9.17, 15) is 5.11 Å². The molecule has 1 fully saturated rings. The molecule has 0 atom stereocenters. The van der Waals surface area contributed by atoms with Crippen molar-refractivity contribution in [1.82, 2.24) is 9.97 Å². The molecule has 0 saturated heterocycles. The Kier molecular flexibility index (Phi) is 3.96. The van der Waals surface area contributed by atoms with E-state index in [-0.39, 0.29) is 0 Å². The first-order valence-electron chi connectivity index (χ1n) is 9.02. The zero-order chi connectivity index (χ0) is 18.5. The third kappa shape index (κ3) is 2.95. The number of benzene rings is 1. The molecule has 0 unspecified atom stereocenters. The van der Waals surface area contributed by atoms with Gasteiger partial charge in [-0.25, -0.2) is 9.97 Å². The first-order valence-corrected chi connectivity index (χ1v) is 9.02. The molecule has 0 bridgehead atoms. The molecule has 1 N–H and O–H groups in total. The third-order valence-corrected chi connectivity index (χ3v) is 5.28. The van der Waals surface area contributed by atoms with E-state index in [1.165, 1.54) is 5.56 Å². The van der Waals surface area contributed by atoms with E-state index in [0.717, 1.165) is 52.1 Å². The molecular weight excluding hydrogens is 324 g/mol. The zero-order valence-electron chi connectivity index (χ0n) is 15.7. The first kappa shape index (κ1) is 17.0. The number of aliphatic hydroxyl groups is 1. The summed E-state index contributed by atoms with van der Waals surface area (Å²) in [7, 11) is 1.69. The van der Waals surface area contributed by atoms with Gasteiger partial charge in [0, 0.05) is 22.6 Å². The van der Waals surface area contributed by atoms with Crippen molar-refractivity contribution in [2.75, 3.05) is 7.11 Å². The SMILES string of the molecule is COc1cc(C)cc(C)c1-c1ccc2ccc(C3CC(C)(O)C3)nc2n1. The molecule has 0 amide bonds. The predicted molar refractivity (Wildman–Crippen MR) is 104 cm³/mol. The molecule has 0 spiro atoms. The van der Waals surface area contributed by atoms with Crippen LogP contribution in [0.4, 0.5) is 0 Å². The Labute approximate surface area is 153 Å². The van der Waals surface area contributed by atoms with Crippen LogP contribution in [-0.4, -0.2) is 27.8 Å². The molecule has 1 saturated carbocycles. The molecule has 134 valence electrons. The van der Waals surface area contributed by atoms with Gasteiger partial charge in [0.1, 0.15) is 5.75 Å². The normalized spacial score (nSPS) is 22.3. The van der Waals surface area contributed by atoms with Crippen molar-refractivity contribution < 1.29 is 9.84 Å². The Morgan fingerprint density at radius 1 is 1.08 bits per heavy atom. The quantitative estimate of drug-likeness (QED) is 0.754. The molecule has 26 heavy (non-hydrogen) atoms. The van der Waals surface area contributed by atoms with Crippen LogP contribution < -0.4 is 4.74 Å². The fourth-order valence-electron chi connectivity index (χ4n) is 4.01. The van der Waals surface area contributed by atoms with Crippen LogP contribution in [0.5, 0.6) is 5.75 Å². The minimum Gasteiger partial charge on any atom is -0.496 e. The van der Waals surface area contributed by atoms with E-state index in [1.807, 2.05) is 19.1 Å². The van der Waals surface area contributed by atoms with Gasteiger partial charge in [-0.05, 0) is 75.1 Å². The van der Waals surface area contributed by atoms with Crippen molar-refractivity contribution in [2.24, 2.45) is 0 Å². The fourth-order valence-corrected chi connectivity index (χ4v) is 4.01. The van der Waals surface area contributed by atoms with Gasteiger partial charge in [-0.3, -0.25) is 0 Å². The average Bonchev–Trinajstić information content (AvgIpc) is 2.58. The first-order chi connectivity index (χ1) is 12.4. The third-order valence-electron chi connectivity index (χ3n) is 5.28. The fraction of sp³-hybridized carbons (Fsp3) is 0.364. The molecule has 0 radical (unpaired) electrons. The molecule has 3 aromatic rings. The molecule has 2 aromatic heterocycles. The number of rotatable bonds is 3. The summed E-state index contributed by atoms with van der Waals surface area (Å²) in [4.78, 5) is 9.62. The summed E-state index contributed by atoms with van der Waals surface area (Å²) in [5.74, 6) is 1.15. The number of methoxy groups -OCH3 is 1. The van der Waals surface area contributed by atoms with Crippen LogP contribution in [0.25, 0.3) is 22.3 Å². The number of aromatic nitrogens is 2. The molecular formula is C22H24N2O2. The average molecular weight is 348 g/mol. The lowest BCUT2D eigenvalue weighted by atomic mass is 9.70. The van der Waals surface area contributed by atoms with Gasteiger partial charge in [0.25, 0.3) is 0 Å². The molecule has 1 aromatic carbocycles. The topological polar surface area (TPSA) is 55.2 Å². The monoisotopic (exact) mass is 348 g/mol. The molecule has 4 nitrogen and oxygen atoms in total. The Hall–Kier alpha value is -2.46. The van der Waals surface area contributed by atoms with Gasteiger partial charge in [0.15, 0.2) is 5.65 Å². The highest BCUT2D eigenvalue weighted by Crippen LogP contribution is 2.44. The van der Waals surface area contributed by atoms with Crippen LogP contribution in [0.2, 0.25) is 0 Å². The summed E-state index contributed by atoms with van der Waals surface area (Å²) in [5.41, 5.74) is 5.40. The minimum absolute atomic E-state index is 0.315. The van der Waals surface area contributed by atoms with E-state index >= 15 is 0 Å². The number of pyridine rings is 2. The highest BCUT2D eigenvalue weighted by atomic mass is 16.5. The second-order valence-corrected chi connectivity index (χ2v) is 7.74. The van der Waals surface area contributed by atoms with E-state index in [0.29, 0.717) is 5.92 Å². The highest BCUT2D eigenvalue weighted by molar-refractivity contribution is 5.81. The van der Waals surface area contributed by atoms with Crippen LogP contribution >= 0.6 is 0 Å². The summed E-state index contributed by atoms with van der Waals surface area (Å²) in [6, 6.07) is 12.4. The van der Waals surface area contributed by atoms with Gasteiger partial charge in [-0.15, -0.1) is 0 Å². The predicted octanol–water partition coefficient (Wildman–Crippen LogP) is 4.55. The maximum atomic E-state index is 10.0. The molecule has 4 heteroatoms. The smallest absolute Gasteiger partial charge is 0.160 e. The van der Waals surface area contributed by atoms with Crippen LogP contribution in [0.3, 0.4) is 0 Å². The van der Waals surface area contributed by atoms with E-state index < -0.39 is 5.60 Å². The number of hydrogen-bond acceptors (Lipinski definition) is 4. The molecule has 0 aliphatic heterocycles. The van der Waals surface area contributed by atoms with Crippen LogP contribution in [0.15, 0.2) is 36.4 Å². The van der Waals surface area contributed by atoms with Crippen molar-refractivity contribution in [1.29, 1.82) is 0 Å². The van der Waals surface area contributed by atoms with Crippen molar-refractivity contribution in [3.8, 4) is 17.0 Å². The lowest BCUT2D eigenvalue weighted by molar-refractivity contribution is -0.0322. The lowest BCUT2D eigenvalue weighted by Crippen LogP contribution is -2.39. The van der Waals surface area contributed by atoms with Crippen molar-refractivity contribution in [2.45, 2.75) is 45.1 Å². The van der Waals surface area contributed by atoms with Gasteiger partial charge in [0.2, 0.25) is 0 Å². The van der Waals surface area contributed by atoms with Crippen LogP contribution in [0, 0.1) is 13.8 Å². The van der Waals surface area contributed by atoms with Crippen molar-refractivity contribution >= 4 is 11.0 Å². The Morgan fingerprint density at radius 3 is 2.50 bits per heavy atom. The Morgan fingerprint density at radius 2 is 1.81 bits per heavy atom. The molecule has 1 aliphatic carbocycles. The highest BCUT2D eigenvalue weighted by Gasteiger charge is 2.39. The van der Waals surface area contributed by atoms with E-state index in [4.69, 9.17) is 14.7 Å². The van der Waals surface area contributed by atoms with Gasteiger partial charge in [0.05, 0.1) is 18.4 Å². The Balaban J connectivity index is 1.78. The van der Waals surface area contributed by atoms with Crippen LogP contribution in [-0.2, 0) is 0 Å².